The van der Waals surface area contributed by atoms with Gasteiger partial charge < -0.3 is 14.4 Å². The predicted octanol–water partition coefficient (Wildman–Crippen LogP) is 3.68. The minimum Gasteiger partial charge on any atom is -0.493 e. The molecule has 1 heterocycles. The number of hydrogen-bond acceptors (Lipinski definition) is 4. The van der Waals surface area contributed by atoms with Crippen molar-refractivity contribution < 1.29 is 14.3 Å². The molecule has 156 valence electrons. The zero-order chi connectivity index (χ0) is 20.6. The van der Waals surface area contributed by atoms with E-state index in [1.54, 1.807) is 14.2 Å². The smallest absolute Gasteiger partial charge is 0.222 e. The summed E-state index contributed by atoms with van der Waals surface area (Å²) in [6.45, 7) is 6.67. The number of carbonyl (C=O) groups excluding carboxylic acids is 1. The summed E-state index contributed by atoms with van der Waals surface area (Å²) in [7, 11) is 3.26. The van der Waals surface area contributed by atoms with Crippen molar-refractivity contribution in [1.82, 2.24) is 9.80 Å². The molecule has 1 aliphatic rings. The van der Waals surface area contributed by atoms with E-state index < -0.39 is 0 Å². The van der Waals surface area contributed by atoms with E-state index in [1.807, 2.05) is 23.1 Å². The van der Waals surface area contributed by atoms with Crippen LogP contribution in [0.2, 0.25) is 0 Å². The lowest BCUT2D eigenvalue weighted by Gasteiger charge is -2.22. The normalized spacial score (nSPS) is 15.1. The van der Waals surface area contributed by atoms with Gasteiger partial charge in [-0.15, -0.1) is 0 Å². The van der Waals surface area contributed by atoms with Crippen LogP contribution in [0.1, 0.15) is 29.5 Å². The van der Waals surface area contributed by atoms with Gasteiger partial charge in [-0.25, -0.2) is 0 Å². The van der Waals surface area contributed by atoms with Crippen LogP contribution in [-0.4, -0.2) is 56.1 Å². The number of benzene rings is 2. The van der Waals surface area contributed by atoms with Crippen LogP contribution in [0.4, 0.5) is 0 Å². The maximum Gasteiger partial charge on any atom is 0.222 e. The predicted molar refractivity (Wildman–Crippen MR) is 116 cm³/mol. The number of aryl methyl sites for hydroxylation is 2. The average molecular weight is 397 g/mol. The molecule has 1 amide bonds. The first-order chi connectivity index (χ1) is 14.1. The van der Waals surface area contributed by atoms with Crippen LogP contribution in [0.15, 0.2) is 42.5 Å². The number of nitrogens with zero attached hydrogens (tertiary/aromatic N) is 2. The fourth-order valence-electron chi connectivity index (χ4n) is 3.78. The lowest BCUT2D eigenvalue weighted by atomic mass is 10.1. The quantitative estimate of drug-likeness (QED) is 0.716. The van der Waals surface area contributed by atoms with Gasteiger partial charge in [0.1, 0.15) is 0 Å². The van der Waals surface area contributed by atoms with Crippen molar-refractivity contribution in [2.75, 3.05) is 40.4 Å². The second-order valence-electron chi connectivity index (χ2n) is 7.69. The third-order valence-electron chi connectivity index (χ3n) is 5.54. The van der Waals surface area contributed by atoms with E-state index in [0.29, 0.717) is 24.3 Å². The van der Waals surface area contributed by atoms with E-state index in [4.69, 9.17) is 9.47 Å². The molecule has 0 radical (unpaired) electrons. The Morgan fingerprint density at radius 3 is 2.34 bits per heavy atom. The van der Waals surface area contributed by atoms with Gasteiger partial charge in [0.05, 0.1) is 14.2 Å². The first kappa shape index (κ1) is 21.2. The summed E-state index contributed by atoms with van der Waals surface area (Å²) in [5, 5.41) is 0. The van der Waals surface area contributed by atoms with E-state index in [1.165, 1.54) is 11.1 Å². The Hall–Kier alpha value is -2.53. The first-order valence-corrected chi connectivity index (χ1v) is 10.4. The molecule has 29 heavy (non-hydrogen) atoms. The summed E-state index contributed by atoms with van der Waals surface area (Å²) in [5.74, 6) is 1.65. The zero-order valence-corrected chi connectivity index (χ0v) is 17.8. The van der Waals surface area contributed by atoms with Crippen molar-refractivity contribution in [3.63, 3.8) is 0 Å². The molecule has 0 aliphatic carbocycles. The highest BCUT2D eigenvalue weighted by Gasteiger charge is 2.19. The van der Waals surface area contributed by atoms with Crippen molar-refractivity contribution in [2.24, 2.45) is 0 Å². The van der Waals surface area contributed by atoms with Gasteiger partial charge in [0.15, 0.2) is 11.5 Å². The molecule has 1 aliphatic heterocycles. The fraction of sp³-hybridized carbons (Fsp3) is 0.458. The summed E-state index contributed by atoms with van der Waals surface area (Å²) >= 11 is 0. The molecular formula is C24H32N2O3. The highest BCUT2D eigenvalue weighted by atomic mass is 16.5. The molecule has 1 fully saturated rings. The Balaban J connectivity index is 1.49. The van der Waals surface area contributed by atoms with Crippen LogP contribution in [0.5, 0.6) is 11.5 Å². The van der Waals surface area contributed by atoms with Gasteiger partial charge in [-0.1, -0.05) is 35.9 Å². The Kier molecular flexibility index (Phi) is 7.53. The molecule has 0 aromatic heterocycles. The maximum absolute atomic E-state index is 12.8. The average Bonchev–Trinajstić information content (AvgIpc) is 2.99. The number of hydrogen-bond donors (Lipinski definition) is 0. The lowest BCUT2D eigenvalue weighted by Crippen LogP contribution is -2.35. The largest absolute Gasteiger partial charge is 0.493 e. The van der Waals surface area contributed by atoms with Crippen LogP contribution in [0, 0.1) is 6.92 Å². The van der Waals surface area contributed by atoms with Crippen LogP contribution < -0.4 is 9.47 Å². The standard InChI is InChI=1S/C24H32N2O3/c1-19-5-7-21(8-6-19)18-25-13-4-14-26(16-15-25)24(27)12-10-20-9-11-22(28-2)23(17-20)29-3/h5-9,11,17H,4,10,12-16,18H2,1-3H3. The molecule has 0 bridgehead atoms. The molecule has 0 atom stereocenters. The molecule has 0 unspecified atom stereocenters. The minimum atomic E-state index is 0.233. The topological polar surface area (TPSA) is 42.0 Å². The number of ether oxygens (including phenoxy) is 2. The van der Waals surface area contributed by atoms with Crippen LogP contribution in [-0.2, 0) is 17.8 Å². The first-order valence-electron chi connectivity index (χ1n) is 10.4. The molecule has 0 spiro atoms. The van der Waals surface area contributed by atoms with Gasteiger partial charge >= 0.3 is 0 Å². The molecule has 2 aromatic rings. The molecule has 0 saturated carbocycles. The van der Waals surface area contributed by atoms with Gasteiger partial charge in [0, 0.05) is 39.1 Å². The van der Waals surface area contributed by atoms with E-state index in [0.717, 1.165) is 44.7 Å². The van der Waals surface area contributed by atoms with Gasteiger partial charge in [0.25, 0.3) is 0 Å². The third-order valence-corrected chi connectivity index (χ3v) is 5.54. The van der Waals surface area contributed by atoms with Crippen molar-refractivity contribution >= 4 is 5.91 Å². The monoisotopic (exact) mass is 396 g/mol. The second kappa shape index (κ2) is 10.3. The number of rotatable bonds is 7. The fourth-order valence-corrected chi connectivity index (χ4v) is 3.78. The number of amides is 1. The van der Waals surface area contributed by atoms with E-state index >= 15 is 0 Å². The molecule has 2 aromatic carbocycles. The summed E-state index contributed by atoms with van der Waals surface area (Å²) < 4.78 is 10.6. The number of methoxy groups -OCH3 is 2. The van der Waals surface area contributed by atoms with E-state index in [-0.39, 0.29) is 5.91 Å². The summed E-state index contributed by atoms with van der Waals surface area (Å²) in [6, 6.07) is 14.6. The molecule has 0 N–H and O–H groups in total. The zero-order valence-electron chi connectivity index (χ0n) is 17.8. The van der Waals surface area contributed by atoms with Crippen LogP contribution in [0.3, 0.4) is 0 Å². The Morgan fingerprint density at radius 1 is 0.897 bits per heavy atom. The van der Waals surface area contributed by atoms with Crippen LogP contribution in [0.25, 0.3) is 0 Å². The lowest BCUT2D eigenvalue weighted by molar-refractivity contribution is -0.131. The van der Waals surface area contributed by atoms with Gasteiger partial charge in [0.2, 0.25) is 5.91 Å². The highest BCUT2D eigenvalue weighted by molar-refractivity contribution is 5.76. The highest BCUT2D eigenvalue weighted by Crippen LogP contribution is 2.28. The molecular weight excluding hydrogens is 364 g/mol. The van der Waals surface area contributed by atoms with Crippen molar-refractivity contribution in [1.29, 1.82) is 0 Å². The molecule has 1 saturated heterocycles. The summed E-state index contributed by atoms with van der Waals surface area (Å²) in [4.78, 5) is 17.2. The molecule has 5 nitrogen and oxygen atoms in total. The Bertz CT molecular complexity index is 804. The molecule has 5 heteroatoms. The van der Waals surface area contributed by atoms with Crippen molar-refractivity contribution in [3.8, 4) is 11.5 Å². The minimum absolute atomic E-state index is 0.233. The SMILES string of the molecule is COc1ccc(CCC(=O)N2CCCN(Cc3ccc(C)cc3)CC2)cc1OC. The molecule has 3 rings (SSSR count). The van der Waals surface area contributed by atoms with Crippen molar-refractivity contribution in [3.05, 3.63) is 59.2 Å². The summed E-state index contributed by atoms with van der Waals surface area (Å²) in [5.41, 5.74) is 3.71. The third kappa shape index (κ3) is 5.97. The second-order valence-corrected chi connectivity index (χ2v) is 7.69. The van der Waals surface area contributed by atoms with Gasteiger partial charge in [-0.2, -0.15) is 0 Å². The maximum atomic E-state index is 12.8. The summed E-state index contributed by atoms with van der Waals surface area (Å²) in [6.07, 6.45) is 2.25. The van der Waals surface area contributed by atoms with E-state index in [9.17, 15) is 4.79 Å². The van der Waals surface area contributed by atoms with Crippen LogP contribution >= 0.6 is 0 Å². The Morgan fingerprint density at radius 2 is 1.62 bits per heavy atom. The van der Waals surface area contributed by atoms with E-state index in [2.05, 4.69) is 36.1 Å². The van der Waals surface area contributed by atoms with Crippen molar-refractivity contribution in [2.45, 2.75) is 32.7 Å². The Labute approximate surface area is 174 Å². The van der Waals surface area contributed by atoms with Gasteiger partial charge in [-0.3, -0.25) is 9.69 Å². The van der Waals surface area contributed by atoms with Gasteiger partial charge in [-0.05, 0) is 43.0 Å². The number of carbonyl (C=O) groups is 1.